The summed E-state index contributed by atoms with van der Waals surface area (Å²) >= 11 is 0. The molecule has 1 fully saturated rings. The van der Waals surface area contributed by atoms with Crippen LogP contribution in [0.1, 0.15) is 37.7 Å². The zero-order valence-corrected chi connectivity index (χ0v) is 11.8. The molecule has 0 spiro atoms. The average molecular weight is 263 g/mol. The van der Waals surface area contributed by atoms with Crippen LogP contribution in [0.15, 0.2) is 30.3 Å². The third-order valence-corrected chi connectivity index (χ3v) is 3.99. The highest BCUT2D eigenvalue weighted by Gasteiger charge is 2.36. The Morgan fingerprint density at radius 2 is 1.84 bits per heavy atom. The summed E-state index contributed by atoms with van der Waals surface area (Å²) in [5.74, 6) is 0. The fraction of sp³-hybridized carbons (Fsp3) is 0.625. The van der Waals surface area contributed by atoms with Gasteiger partial charge >= 0.3 is 0 Å². The van der Waals surface area contributed by atoms with Crippen LogP contribution in [0, 0.1) is 0 Å². The van der Waals surface area contributed by atoms with E-state index in [0.29, 0.717) is 6.61 Å². The molecular formula is C16H25NO2. The number of rotatable bonds is 6. The summed E-state index contributed by atoms with van der Waals surface area (Å²) in [4.78, 5) is 2.24. The number of likely N-dealkylation sites (tertiary alicyclic amines) is 1. The van der Waals surface area contributed by atoms with Gasteiger partial charge in [0.25, 0.3) is 0 Å². The van der Waals surface area contributed by atoms with E-state index in [1.165, 1.54) is 19.3 Å². The molecule has 1 saturated heterocycles. The van der Waals surface area contributed by atoms with Crippen molar-refractivity contribution in [3.63, 3.8) is 0 Å². The lowest BCUT2D eigenvalue weighted by Gasteiger charge is -2.42. The van der Waals surface area contributed by atoms with E-state index in [4.69, 9.17) is 4.74 Å². The van der Waals surface area contributed by atoms with Gasteiger partial charge in [0.15, 0.2) is 0 Å². The van der Waals surface area contributed by atoms with Crippen LogP contribution < -0.4 is 0 Å². The fourth-order valence-electron chi connectivity index (χ4n) is 2.92. The van der Waals surface area contributed by atoms with Crippen LogP contribution in [0.3, 0.4) is 0 Å². The minimum absolute atomic E-state index is 0.697. The van der Waals surface area contributed by atoms with Crippen molar-refractivity contribution < 1.29 is 9.84 Å². The third-order valence-electron chi connectivity index (χ3n) is 3.99. The molecule has 1 aliphatic rings. The van der Waals surface area contributed by atoms with Crippen molar-refractivity contribution in [2.24, 2.45) is 0 Å². The number of hydrogen-bond acceptors (Lipinski definition) is 3. The van der Waals surface area contributed by atoms with E-state index in [-0.39, 0.29) is 0 Å². The maximum atomic E-state index is 11.2. The highest BCUT2D eigenvalue weighted by molar-refractivity contribution is 5.22. The molecule has 3 heteroatoms. The Morgan fingerprint density at radius 1 is 1.16 bits per heavy atom. The van der Waals surface area contributed by atoms with Crippen LogP contribution in [-0.4, -0.2) is 36.8 Å². The van der Waals surface area contributed by atoms with Crippen LogP contribution in [0.2, 0.25) is 0 Å². The lowest BCUT2D eigenvalue weighted by molar-refractivity contribution is -0.132. The first-order valence-corrected chi connectivity index (χ1v) is 7.29. The lowest BCUT2D eigenvalue weighted by atomic mass is 9.93. The smallest absolute Gasteiger partial charge is 0.144 e. The van der Waals surface area contributed by atoms with Crippen molar-refractivity contribution in [3.05, 3.63) is 35.9 Å². The quantitative estimate of drug-likeness (QED) is 0.801. The minimum Gasteiger partial charge on any atom is -0.385 e. The summed E-state index contributed by atoms with van der Waals surface area (Å²) in [5.41, 5.74) is 0.174. The molecule has 106 valence electrons. The van der Waals surface area contributed by atoms with E-state index in [1.807, 2.05) is 30.3 Å². The lowest BCUT2D eigenvalue weighted by Crippen LogP contribution is -2.48. The van der Waals surface area contributed by atoms with Crippen molar-refractivity contribution >= 4 is 0 Å². The van der Waals surface area contributed by atoms with Crippen LogP contribution >= 0.6 is 0 Å². The number of benzene rings is 1. The summed E-state index contributed by atoms with van der Waals surface area (Å²) < 4.78 is 5.13. The Balaban J connectivity index is 2.16. The summed E-state index contributed by atoms with van der Waals surface area (Å²) in [7, 11) is 1.71. The molecule has 1 atom stereocenters. The highest BCUT2D eigenvalue weighted by atomic mass is 16.5. The van der Waals surface area contributed by atoms with Crippen LogP contribution in [0.25, 0.3) is 0 Å². The van der Waals surface area contributed by atoms with Crippen LogP contribution in [0.5, 0.6) is 0 Å². The standard InChI is InChI=1S/C16H25NO2/c1-19-14-8-11-16(18,15-9-4-2-5-10-15)17-12-6-3-7-13-17/h2,4-5,9-10,18H,3,6-8,11-14H2,1H3. The second-order valence-electron chi connectivity index (χ2n) is 5.33. The van der Waals surface area contributed by atoms with Crippen LogP contribution in [-0.2, 0) is 10.5 Å². The molecule has 1 aromatic carbocycles. The van der Waals surface area contributed by atoms with Gasteiger partial charge in [-0.15, -0.1) is 0 Å². The van der Waals surface area contributed by atoms with E-state index >= 15 is 0 Å². The van der Waals surface area contributed by atoms with Gasteiger partial charge in [0, 0.05) is 26.8 Å². The monoisotopic (exact) mass is 263 g/mol. The maximum Gasteiger partial charge on any atom is 0.144 e. The second-order valence-corrected chi connectivity index (χ2v) is 5.33. The van der Waals surface area contributed by atoms with Gasteiger partial charge in [-0.05, 0) is 31.2 Å². The minimum atomic E-state index is -0.833. The predicted octanol–water partition coefficient (Wildman–Crippen LogP) is 2.74. The molecule has 0 amide bonds. The van der Waals surface area contributed by atoms with Gasteiger partial charge in [0.1, 0.15) is 5.72 Å². The van der Waals surface area contributed by atoms with E-state index in [9.17, 15) is 5.11 Å². The Labute approximate surface area is 116 Å². The molecule has 0 saturated carbocycles. The van der Waals surface area contributed by atoms with Crippen molar-refractivity contribution in [3.8, 4) is 0 Å². The van der Waals surface area contributed by atoms with Gasteiger partial charge in [-0.2, -0.15) is 0 Å². The predicted molar refractivity (Wildman–Crippen MR) is 76.9 cm³/mol. The number of ether oxygens (including phenoxy) is 1. The first kappa shape index (κ1) is 14.5. The molecule has 2 rings (SSSR count). The molecule has 0 radical (unpaired) electrons. The molecule has 1 aromatic rings. The molecule has 3 nitrogen and oxygen atoms in total. The summed E-state index contributed by atoms with van der Waals surface area (Å²) in [5, 5.41) is 11.2. The molecule has 0 aliphatic carbocycles. The third kappa shape index (κ3) is 3.56. The Hall–Kier alpha value is -0.900. The zero-order valence-electron chi connectivity index (χ0n) is 11.8. The first-order chi connectivity index (χ1) is 9.27. The Morgan fingerprint density at radius 3 is 2.47 bits per heavy atom. The van der Waals surface area contributed by atoms with E-state index in [2.05, 4.69) is 4.90 Å². The summed E-state index contributed by atoms with van der Waals surface area (Å²) in [6.45, 7) is 2.67. The molecule has 0 bridgehead atoms. The summed E-state index contributed by atoms with van der Waals surface area (Å²) in [6.07, 6.45) is 5.24. The van der Waals surface area contributed by atoms with Gasteiger partial charge in [0.05, 0.1) is 0 Å². The molecule has 1 aliphatic heterocycles. The number of aliphatic hydroxyl groups is 1. The first-order valence-electron chi connectivity index (χ1n) is 7.29. The van der Waals surface area contributed by atoms with E-state index in [0.717, 1.165) is 31.5 Å². The van der Waals surface area contributed by atoms with Crippen LogP contribution in [0.4, 0.5) is 0 Å². The van der Waals surface area contributed by atoms with Gasteiger partial charge in [0.2, 0.25) is 0 Å². The van der Waals surface area contributed by atoms with E-state index < -0.39 is 5.72 Å². The molecule has 0 aromatic heterocycles. The molecule has 1 unspecified atom stereocenters. The van der Waals surface area contributed by atoms with Crippen molar-refractivity contribution in [2.75, 3.05) is 26.8 Å². The topological polar surface area (TPSA) is 32.7 Å². The SMILES string of the molecule is COCCCC(O)(c1ccccc1)N1CCCCC1. The van der Waals surface area contributed by atoms with E-state index in [1.54, 1.807) is 7.11 Å². The highest BCUT2D eigenvalue weighted by Crippen LogP contribution is 2.33. The van der Waals surface area contributed by atoms with Crippen molar-refractivity contribution in [1.82, 2.24) is 4.90 Å². The number of methoxy groups -OCH3 is 1. The number of hydrogen-bond donors (Lipinski definition) is 1. The Bertz CT molecular complexity index is 362. The van der Waals surface area contributed by atoms with Crippen molar-refractivity contribution in [1.29, 1.82) is 0 Å². The van der Waals surface area contributed by atoms with Gasteiger partial charge in [-0.1, -0.05) is 36.8 Å². The molecule has 1 N–H and O–H groups in total. The average Bonchev–Trinajstić information content (AvgIpc) is 2.49. The molecule has 19 heavy (non-hydrogen) atoms. The van der Waals surface area contributed by atoms with Gasteiger partial charge in [-0.3, -0.25) is 4.90 Å². The molecular weight excluding hydrogens is 238 g/mol. The van der Waals surface area contributed by atoms with Gasteiger partial charge in [-0.25, -0.2) is 0 Å². The normalized spacial score (nSPS) is 20.1. The second kappa shape index (κ2) is 7.04. The largest absolute Gasteiger partial charge is 0.385 e. The van der Waals surface area contributed by atoms with Crippen molar-refractivity contribution in [2.45, 2.75) is 37.8 Å². The Kier molecular flexibility index (Phi) is 5.37. The molecule has 1 heterocycles. The number of nitrogens with zero attached hydrogens (tertiary/aromatic N) is 1. The maximum absolute atomic E-state index is 11.2. The number of piperidine rings is 1. The van der Waals surface area contributed by atoms with Gasteiger partial charge < -0.3 is 9.84 Å². The fourth-order valence-corrected chi connectivity index (χ4v) is 2.92. The zero-order chi connectivity index (χ0) is 13.6. The summed E-state index contributed by atoms with van der Waals surface area (Å²) in [6, 6.07) is 10.1.